The maximum Gasteiger partial charge on any atom is 0.306 e. The Morgan fingerprint density at radius 1 is 1.50 bits per heavy atom. The number of hydrogen-bond acceptors (Lipinski definition) is 4. The summed E-state index contributed by atoms with van der Waals surface area (Å²) in [4.78, 5) is 25.1. The van der Waals surface area contributed by atoms with E-state index < -0.39 is 5.60 Å². The Labute approximate surface area is 109 Å². The minimum absolute atomic E-state index is 0.111. The fraction of sp³-hybridized carbons (Fsp3) is 0.846. The Kier molecular flexibility index (Phi) is 5.14. The number of ether oxygens (including phenoxy) is 1. The Morgan fingerprint density at radius 2 is 2.17 bits per heavy atom. The molecule has 1 N–H and O–H groups in total. The summed E-state index contributed by atoms with van der Waals surface area (Å²) >= 11 is 0. The first kappa shape index (κ1) is 15.0. The van der Waals surface area contributed by atoms with Crippen molar-refractivity contribution in [3.05, 3.63) is 0 Å². The monoisotopic (exact) mass is 256 g/mol. The topological polar surface area (TPSA) is 58.6 Å². The lowest BCUT2D eigenvalue weighted by molar-refractivity contribution is -0.155. The molecule has 1 amide bonds. The zero-order valence-electron chi connectivity index (χ0n) is 11.8. The molecular weight excluding hydrogens is 232 g/mol. The van der Waals surface area contributed by atoms with Crippen molar-refractivity contribution in [1.82, 2.24) is 10.2 Å². The zero-order valence-corrected chi connectivity index (χ0v) is 11.8. The van der Waals surface area contributed by atoms with Crippen LogP contribution in [0.4, 0.5) is 0 Å². The fourth-order valence-electron chi connectivity index (χ4n) is 1.92. The third-order valence-electron chi connectivity index (χ3n) is 2.74. The number of nitrogens with zero attached hydrogens (tertiary/aromatic N) is 1. The molecule has 0 aromatic carbocycles. The molecule has 18 heavy (non-hydrogen) atoms. The van der Waals surface area contributed by atoms with Gasteiger partial charge in [-0.1, -0.05) is 0 Å². The number of carbonyl (C=O) groups is 2. The number of nitrogens with one attached hydrogen (secondary N) is 1. The molecule has 1 aliphatic rings. The van der Waals surface area contributed by atoms with Gasteiger partial charge in [0.2, 0.25) is 5.91 Å². The summed E-state index contributed by atoms with van der Waals surface area (Å²) in [5, 5.41) is 3.11. The normalized spacial score (nSPS) is 21.0. The average molecular weight is 256 g/mol. The van der Waals surface area contributed by atoms with Crippen LogP contribution in [-0.4, -0.2) is 48.1 Å². The number of hydrogen-bond donors (Lipinski definition) is 1. The van der Waals surface area contributed by atoms with E-state index in [4.69, 9.17) is 4.74 Å². The van der Waals surface area contributed by atoms with Gasteiger partial charge in [0.1, 0.15) is 5.60 Å². The van der Waals surface area contributed by atoms with Crippen LogP contribution in [0.5, 0.6) is 0 Å². The van der Waals surface area contributed by atoms with Crippen molar-refractivity contribution in [2.45, 2.75) is 52.2 Å². The standard InChI is InChI=1S/C13H24N2O3/c1-10-12(17)15(9-7-14-10)8-5-6-11(16)18-13(2,3)4/h10,14H,5-9H2,1-4H3/t10-/m0/s1. The van der Waals surface area contributed by atoms with E-state index in [1.165, 1.54) is 0 Å². The third kappa shape index (κ3) is 5.04. The van der Waals surface area contributed by atoms with Gasteiger partial charge in [-0.3, -0.25) is 9.59 Å². The van der Waals surface area contributed by atoms with Gasteiger partial charge in [-0.15, -0.1) is 0 Å². The van der Waals surface area contributed by atoms with Crippen molar-refractivity contribution >= 4 is 11.9 Å². The van der Waals surface area contributed by atoms with E-state index in [0.717, 1.165) is 13.1 Å². The maximum atomic E-state index is 11.8. The molecule has 1 heterocycles. The molecule has 0 aromatic heterocycles. The molecule has 1 saturated heterocycles. The van der Waals surface area contributed by atoms with E-state index in [9.17, 15) is 9.59 Å². The lowest BCUT2D eigenvalue weighted by Gasteiger charge is -2.31. The summed E-state index contributed by atoms with van der Waals surface area (Å²) < 4.78 is 5.22. The Hall–Kier alpha value is -1.10. The van der Waals surface area contributed by atoms with Gasteiger partial charge in [0.15, 0.2) is 0 Å². The first-order chi connectivity index (χ1) is 8.29. The SMILES string of the molecule is C[C@@H]1NCCN(CCCC(=O)OC(C)(C)C)C1=O. The van der Waals surface area contributed by atoms with Gasteiger partial charge >= 0.3 is 5.97 Å². The fourth-order valence-corrected chi connectivity index (χ4v) is 1.92. The van der Waals surface area contributed by atoms with Crippen LogP contribution in [0, 0.1) is 0 Å². The summed E-state index contributed by atoms with van der Waals surface area (Å²) in [6, 6.07) is -0.111. The van der Waals surface area contributed by atoms with Gasteiger partial charge in [0, 0.05) is 26.1 Å². The molecule has 1 atom stereocenters. The predicted molar refractivity (Wildman–Crippen MR) is 69.1 cm³/mol. The Morgan fingerprint density at radius 3 is 2.78 bits per heavy atom. The molecule has 0 aliphatic carbocycles. The minimum atomic E-state index is -0.434. The van der Waals surface area contributed by atoms with Gasteiger partial charge in [-0.2, -0.15) is 0 Å². The van der Waals surface area contributed by atoms with Gasteiger partial charge in [-0.25, -0.2) is 0 Å². The van der Waals surface area contributed by atoms with Crippen molar-refractivity contribution in [2.24, 2.45) is 0 Å². The first-order valence-electron chi connectivity index (χ1n) is 6.53. The van der Waals surface area contributed by atoms with E-state index >= 15 is 0 Å². The highest BCUT2D eigenvalue weighted by Gasteiger charge is 2.24. The quantitative estimate of drug-likeness (QED) is 0.760. The number of amides is 1. The summed E-state index contributed by atoms with van der Waals surface area (Å²) in [5.41, 5.74) is -0.434. The Balaban J connectivity index is 2.25. The van der Waals surface area contributed by atoms with E-state index in [2.05, 4.69) is 5.32 Å². The van der Waals surface area contributed by atoms with E-state index in [-0.39, 0.29) is 17.9 Å². The smallest absolute Gasteiger partial charge is 0.306 e. The predicted octanol–water partition coefficient (Wildman–Crippen LogP) is 0.929. The van der Waals surface area contributed by atoms with E-state index in [0.29, 0.717) is 19.4 Å². The number of piperazine rings is 1. The van der Waals surface area contributed by atoms with Gasteiger partial charge in [-0.05, 0) is 34.1 Å². The number of esters is 1. The van der Waals surface area contributed by atoms with Crippen LogP contribution in [0.15, 0.2) is 0 Å². The molecule has 0 bridgehead atoms. The first-order valence-corrected chi connectivity index (χ1v) is 6.53. The number of carbonyl (C=O) groups excluding carboxylic acids is 2. The van der Waals surface area contributed by atoms with Gasteiger partial charge < -0.3 is 15.0 Å². The molecule has 0 radical (unpaired) electrons. The second kappa shape index (κ2) is 6.18. The van der Waals surface area contributed by atoms with Crippen molar-refractivity contribution in [3.63, 3.8) is 0 Å². The molecule has 1 rings (SSSR count). The lowest BCUT2D eigenvalue weighted by atomic mass is 10.2. The Bertz CT molecular complexity index is 310. The molecule has 104 valence electrons. The van der Waals surface area contributed by atoms with Crippen molar-refractivity contribution in [1.29, 1.82) is 0 Å². The molecule has 0 aromatic rings. The average Bonchev–Trinajstić information content (AvgIpc) is 2.21. The van der Waals surface area contributed by atoms with E-state index in [1.54, 1.807) is 0 Å². The lowest BCUT2D eigenvalue weighted by Crippen LogP contribution is -2.53. The van der Waals surface area contributed by atoms with Crippen LogP contribution < -0.4 is 5.32 Å². The highest BCUT2D eigenvalue weighted by atomic mass is 16.6. The van der Waals surface area contributed by atoms with Crippen molar-refractivity contribution < 1.29 is 14.3 Å². The summed E-state index contributed by atoms with van der Waals surface area (Å²) in [7, 11) is 0. The highest BCUT2D eigenvalue weighted by molar-refractivity contribution is 5.82. The van der Waals surface area contributed by atoms with Crippen molar-refractivity contribution in [2.75, 3.05) is 19.6 Å². The van der Waals surface area contributed by atoms with Gasteiger partial charge in [0.25, 0.3) is 0 Å². The molecule has 0 saturated carbocycles. The maximum absolute atomic E-state index is 11.8. The largest absolute Gasteiger partial charge is 0.460 e. The summed E-state index contributed by atoms with van der Waals surface area (Å²) in [5.74, 6) is -0.0800. The van der Waals surface area contributed by atoms with Crippen LogP contribution in [0.1, 0.15) is 40.5 Å². The van der Waals surface area contributed by atoms with Crippen molar-refractivity contribution in [3.8, 4) is 0 Å². The van der Waals surface area contributed by atoms with E-state index in [1.807, 2.05) is 32.6 Å². The molecule has 5 nitrogen and oxygen atoms in total. The molecule has 1 fully saturated rings. The second-order valence-corrected chi connectivity index (χ2v) is 5.69. The molecule has 0 spiro atoms. The highest BCUT2D eigenvalue weighted by Crippen LogP contribution is 2.10. The molecule has 0 unspecified atom stereocenters. The van der Waals surface area contributed by atoms with Crippen LogP contribution >= 0.6 is 0 Å². The number of rotatable bonds is 4. The molecular formula is C13H24N2O3. The van der Waals surface area contributed by atoms with Crippen LogP contribution in [-0.2, 0) is 14.3 Å². The van der Waals surface area contributed by atoms with Crippen LogP contribution in [0.25, 0.3) is 0 Å². The van der Waals surface area contributed by atoms with Gasteiger partial charge in [0.05, 0.1) is 6.04 Å². The van der Waals surface area contributed by atoms with Crippen LogP contribution in [0.2, 0.25) is 0 Å². The molecule has 5 heteroatoms. The zero-order chi connectivity index (χ0) is 13.8. The minimum Gasteiger partial charge on any atom is -0.460 e. The van der Waals surface area contributed by atoms with Crippen LogP contribution in [0.3, 0.4) is 0 Å². The summed E-state index contributed by atoms with van der Waals surface area (Å²) in [6.07, 6.45) is 1.02. The molecule has 1 aliphatic heterocycles. The summed E-state index contributed by atoms with van der Waals surface area (Å²) in [6.45, 7) is 9.59. The second-order valence-electron chi connectivity index (χ2n) is 5.69. The third-order valence-corrected chi connectivity index (χ3v) is 2.74.